The average molecular weight is 725 g/mol. The van der Waals surface area contributed by atoms with Gasteiger partial charge in [-0.15, -0.1) is 0 Å². The molecule has 0 saturated carbocycles. The predicted octanol–water partition coefficient (Wildman–Crippen LogP) is 3.22. The molecule has 1 aromatic heterocycles. The smallest absolute Gasteiger partial charge is 0.311 e. The number of nitrogens with zero attached hydrogens (tertiary/aromatic N) is 4. The summed E-state index contributed by atoms with van der Waals surface area (Å²) in [5, 5.41) is 48.6. The molecule has 2 aliphatic rings. The SMILES string of the molecule is CC[C@H]1OC(=O)[C@H](C)[C@@H](OCCCc2cncnc2)[C@H](C)[C@@H](O[C@@H]2O[C@H](C)C[C@H](N(C)C)[C@H]2O)[C@](C)(OC)C[C@@H](C)/C(=N\O)[C@H](C)[C@@H](O)[C@]1(C)O. The Kier molecular flexibility index (Phi) is 15.8. The number of carbonyl (C=O) groups is 1. The lowest BCUT2D eigenvalue weighted by molar-refractivity contribution is -0.302. The number of aliphatic hydroxyl groups is 3. The molecule has 292 valence electrons. The van der Waals surface area contributed by atoms with E-state index >= 15 is 0 Å². The van der Waals surface area contributed by atoms with Crippen LogP contribution in [-0.4, -0.2) is 135 Å². The Morgan fingerprint density at radius 2 is 1.73 bits per heavy atom. The first-order valence-electron chi connectivity index (χ1n) is 18.3. The molecule has 0 amide bonds. The van der Waals surface area contributed by atoms with Gasteiger partial charge in [-0.3, -0.25) is 4.79 Å². The van der Waals surface area contributed by atoms with Crippen LogP contribution in [0.4, 0.5) is 0 Å². The second kappa shape index (κ2) is 18.6. The number of aliphatic hydroxyl groups excluding tert-OH is 2. The zero-order valence-corrected chi connectivity index (χ0v) is 32.4. The van der Waals surface area contributed by atoms with Crippen LogP contribution >= 0.6 is 0 Å². The highest BCUT2D eigenvalue weighted by Crippen LogP contribution is 2.40. The van der Waals surface area contributed by atoms with E-state index in [1.165, 1.54) is 13.3 Å². The Balaban J connectivity index is 2.14. The minimum absolute atomic E-state index is 0.215. The quantitative estimate of drug-likeness (QED) is 0.119. The number of carbonyl (C=O) groups excluding carboxylic acids is 1. The molecule has 4 N–H and O–H groups in total. The number of aryl methyl sites for hydroxylation is 1. The van der Waals surface area contributed by atoms with Gasteiger partial charge in [0.1, 0.15) is 24.1 Å². The Bertz CT molecular complexity index is 1250. The summed E-state index contributed by atoms with van der Waals surface area (Å²) in [6, 6.07) is -0.238. The molecule has 14 atom stereocenters. The van der Waals surface area contributed by atoms with Gasteiger partial charge in [0.15, 0.2) is 6.29 Å². The molecule has 14 heteroatoms. The van der Waals surface area contributed by atoms with E-state index in [0.717, 1.165) is 5.56 Å². The molecule has 0 bridgehead atoms. The minimum Gasteiger partial charge on any atom is -0.459 e. The van der Waals surface area contributed by atoms with Crippen LogP contribution in [0.3, 0.4) is 0 Å². The molecule has 0 spiro atoms. The van der Waals surface area contributed by atoms with Crippen LogP contribution in [0.25, 0.3) is 0 Å². The number of rotatable bonds is 10. The summed E-state index contributed by atoms with van der Waals surface area (Å²) in [4.78, 5) is 24.2. The summed E-state index contributed by atoms with van der Waals surface area (Å²) in [5.41, 5.74) is -1.84. The van der Waals surface area contributed by atoms with E-state index in [-0.39, 0.29) is 37.3 Å². The Labute approximate surface area is 303 Å². The molecule has 1 aromatic rings. The Morgan fingerprint density at radius 1 is 1.08 bits per heavy atom. The van der Waals surface area contributed by atoms with Crippen molar-refractivity contribution in [3.05, 3.63) is 24.3 Å². The summed E-state index contributed by atoms with van der Waals surface area (Å²) >= 11 is 0. The maximum atomic E-state index is 14.0. The van der Waals surface area contributed by atoms with Crippen molar-refractivity contribution in [2.24, 2.45) is 28.8 Å². The molecule has 2 saturated heterocycles. The van der Waals surface area contributed by atoms with Gasteiger partial charge in [-0.05, 0) is 79.5 Å². The van der Waals surface area contributed by atoms with Crippen molar-refractivity contribution in [1.82, 2.24) is 14.9 Å². The van der Waals surface area contributed by atoms with Gasteiger partial charge in [0.25, 0.3) is 0 Å². The Hall–Kier alpha value is -2.30. The fourth-order valence-electron chi connectivity index (χ4n) is 8.02. The second-order valence-electron chi connectivity index (χ2n) is 15.4. The van der Waals surface area contributed by atoms with Crippen LogP contribution in [0.15, 0.2) is 23.9 Å². The van der Waals surface area contributed by atoms with Crippen LogP contribution in [0.2, 0.25) is 0 Å². The van der Waals surface area contributed by atoms with Crippen LogP contribution in [0.1, 0.15) is 86.6 Å². The second-order valence-corrected chi connectivity index (χ2v) is 15.4. The van der Waals surface area contributed by atoms with Gasteiger partial charge in [0.2, 0.25) is 0 Å². The molecule has 51 heavy (non-hydrogen) atoms. The van der Waals surface area contributed by atoms with Crippen LogP contribution in [0, 0.1) is 23.7 Å². The fraction of sp³-hybridized carbons (Fsp3) is 0.838. The highest BCUT2D eigenvalue weighted by atomic mass is 16.7. The summed E-state index contributed by atoms with van der Waals surface area (Å²) in [7, 11) is 5.36. The van der Waals surface area contributed by atoms with Crippen molar-refractivity contribution in [1.29, 1.82) is 0 Å². The molecule has 2 aliphatic heterocycles. The lowest BCUT2D eigenvalue weighted by Gasteiger charge is -2.48. The van der Waals surface area contributed by atoms with Gasteiger partial charge in [-0.2, -0.15) is 0 Å². The van der Waals surface area contributed by atoms with Crippen molar-refractivity contribution in [3.8, 4) is 0 Å². The highest BCUT2D eigenvalue weighted by molar-refractivity contribution is 5.88. The largest absolute Gasteiger partial charge is 0.459 e. The van der Waals surface area contributed by atoms with Gasteiger partial charge in [0.05, 0.1) is 41.6 Å². The molecule has 3 rings (SSSR count). The summed E-state index contributed by atoms with van der Waals surface area (Å²) < 4.78 is 31.9. The third-order valence-corrected chi connectivity index (χ3v) is 11.2. The number of methoxy groups -OCH3 is 1. The molecule has 0 unspecified atom stereocenters. The predicted molar refractivity (Wildman–Crippen MR) is 190 cm³/mol. The number of esters is 1. The first-order chi connectivity index (χ1) is 23.9. The molecule has 2 fully saturated rings. The van der Waals surface area contributed by atoms with Crippen LogP contribution < -0.4 is 0 Å². The van der Waals surface area contributed by atoms with Crippen molar-refractivity contribution in [3.63, 3.8) is 0 Å². The van der Waals surface area contributed by atoms with Gasteiger partial charge in [0, 0.05) is 49.9 Å². The van der Waals surface area contributed by atoms with Crippen molar-refractivity contribution in [2.75, 3.05) is 27.8 Å². The molecule has 3 heterocycles. The zero-order chi connectivity index (χ0) is 38.3. The maximum Gasteiger partial charge on any atom is 0.311 e. The number of hydrogen-bond donors (Lipinski definition) is 4. The lowest BCUT2D eigenvalue weighted by atomic mass is 9.73. The standard InChI is InChI=1S/C37H64N4O10/c1-12-28-37(8,45)32(43)23(4)29(40-46)21(2)17-36(7,47-11)33(51-35-30(42)27(41(9)10)16-22(3)49-35)24(5)31(25(6)34(44)50-28)48-15-13-14-26-18-38-20-39-19-26/h18-25,27-28,30-33,35,42-43,45-46H,12-17H2,1-11H3/b40-29+/t21-,22-,23+,24+,25-,27+,28-,30-,31+,32-,33-,35+,36-,37-/m1/s1. The number of hydrogen-bond acceptors (Lipinski definition) is 14. The molecular formula is C37H64N4O10. The van der Waals surface area contributed by atoms with Crippen molar-refractivity contribution in [2.45, 2.75) is 148 Å². The molecular weight excluding hydrogens is 660 g/mol. The lowest BCUT2D eigenvalue weighted by Crippen LogP contribution is -2.60. The molecule has 0 aliphatic carbocycles. The van der Waals surface area contributed by atoms with Gasteiger partial charge in [-0.25, -0.2) is 9.97 Å². The number of likely N-dealkylation sites (N-methyl/N-ethyl adjacent to an activating group) is 1. The van der Waals surface area contributed by atoms with E-state index in [0.29, 0.717) is 19.3 Å². The molecule has 0 aromatic carbocycles. The summed E-state index contributed by atoms with van der Waals surface area (Å²) in [6.45, 7) is 14.4. The van der Waals surface area contributed by atoms with E-state index in [9.17, 15) is 25.3 Å². The monoisotopic (exact) mass is 724 g/mol. The highest BCUT2D eigenvalue weighted by Gasteiger charge is 2.52. The van der Waals surface area contributed by atoms with E-state index in [1.54, 1.807) is 40.3 Å². The first kappa shape index (κ1) is 43.1. The van der Waals surface area contributed by atoms with Crippen LogP contribution in [-0.2, 0) is 34.9 Å². The van der Waals surface area contributed by atoms with Gasteiger partial charge < -0.3 is 49.1 Å². The maximum absolute atomic E-state index is 14.0. The summed E-state index contributed by atoms with van der Waals surface area (Å²) in [6.07, 6.45) is 0.882. The fourth-order valence-corrected chi connectivity index (χ4v) is 8.02. The number of oxime groups is 1. The van der Waals surface area contributed by atoms with E-state index in [4.69, 9.17) is 23.7 Å². The minimum atomic E-state index is -1.88. The average Bonchev–Trinajstić information content (AvgIpc) is 3.09. The molecule has 14 nitrogen and oxygen atoms in total. The normalized spacial score (nSPS) is 41.3. The number of cyclic esters (lactones) is 1. The van der Waals surface area contributed by atoms with Crippen molar-refractivity contribution < 1.29 is 49.0 Å². The van der Waals surface area contributed by atoms with E-state index in [1.807, 2.05) is 46.7 Å². The number of aromatic nitrogens is 2. The third-order valence-electron chi connectivity index (χ3n) is 11.2. The Morgan fingerprint density at radius 3 is 2.29 bits per heavy atom. The van der Waals surface area contributed by atoms with E-state index in [2.05, 4.69) is 15.1 Å². The topological polar surface area (TPSA) is 186 Å². The molecule has 0 radical (unpaired) electrons. The zero-order valence-electron chi connectivity index (χ0n) is 32.4. The first-order valence-corrected chi connectivity index (χ1v) is 18.3. The van der Waals surface area contributed by atoms with Crippen molar-refractivity contribution >= 4 is 11.7 Å². The third kappa shape index (κ3) is 10.2. The van der Waals surface area contributed by atoms with Gasteiger partial charge in [-0.1, -0.05) is 32.9 Å². The van der Waals surface area contributed by atoms with Crippen LogP contribution in [0.5, 0.6) is 0 Å². The van der Waals surface area contributed by atoms with Gasteiger partial charge >= 0.3 is 5.97 Å². The van der Waals surface area contributed by atoms with E-state index < -0.39 is 77.7 Å². The number of ether oxygens (including phenoxy) is 5. The summed E-state index contributed by atoms with van der Waals surface area (Å²) in [5.74, 6) is -3.35.